The summed E-state index contributed by atoms with van der Waals surface area (Å²) in [5.74, 6) is -0.542. The van der Waals surface area contributed by atoms with E-state index in [2.05, 4.69) is 16.0 Å². The minimum Gasteiger partial charge on any atom is -0.444 e. The van der Waals surface area contributed by atoms with Crippen molar-refractivity contribution < 1.29 is 23.9 Å². The number of piperidine rings is 1. The molecule has 1 saturated heterocycles. The molecule has 0 spiro atoms. The van der Waals surface area contributed by atoms with Crippen LogP contribution < -0.4 is 16.0 Å². The number of likely N-dealkylation sites (tertiary alicyclic amines) is 1. The predicted octanol–water partition coefficient (Wildman–Crippen LogP) is 6.09. The predicted molar refractivity (Wildman–Crippen MR) is 182 cm³/mol. The van der Waals surface area contributed by atoms with E-state index >= 15 is 0 Å². The molecular weight excluding hydrogens is 627 g/mol. The Balaban J connectivity index is 1.69. The van der Waals surface area contributed by atoms with Crippen LogP contribution in [0.3, 0.4) is 0 Å². The topological polar surface area (TPSA) is 117 Å². The minimum absolute atomic E-state index is 0.0671. The van der Waals surface area contributed by atoms with Crippen molar-refractivity contribution in [2.75, 3.05) is 26.2 Å². The van der Waals surface area contributed by atoms with E-state index in [4.69, 9.17) is 27.9 Å². The average Bonchev–Trinajstić information content (AvgIpc) is 3.00. The maximum Gasteiger partial charge on any atom is 0.407 e. The van der Waals surface area contributed by atoms with Gasteiger partial charge in [0, 0.05) is 39.0 Å². The Hall–Kier alpha value is -3.30. The van der Waals surface area contributed by atoms with Crippen LogP contribution in [0.4, 0.5) is 4.79 Å². The number of amides is 4. The van der Waals surface area contributed by atoms with Crippen LogP contribution in [0.5, 0.6) is 0 Å². The van der Waals surface area contributed by atoms with Crippen molar-refractivity contribution in [1.29, 1.82) is 0 Å². The third-order valence-electron chi connectivity index (χ3n) is 7.90. The summed E-state index contributed by atoms with van der Waals surface area (Å²) in [4.78, 5) is 54.4. The second-order valence-electron chi connectivity index (χ2n) is 13.0. The van der Waals surface area contributed by atoms with E-state index in [1.807, 2.05) is 37.3 Å². The summed E-state index contributed by atoms with van der Waals surface area (Å²) in [5.41, 5.74) is 0.451. The monoisotopic (exact) mass is 674 g/mol. The highest BCUT2D eigenvalue weighted by atomic mass is 35.5. The molecule has 11 heteroatoms. The van der Waals surface area contributed by atoms with Crippen LogP contribution in [-0.4, -0.2) is 66.5 Å². The van der Waals surface area contributed by atoms with Gasteiger partial charge in [0.1, 0.15) is 11.6 Å². The largest absolute Gasteiger partial charge is 0.444 e. The van der Waals surface area contributed by atoms with Crippen molar-refractivity contribution in [2.45, 2.75) is 90.7 Å². The number of hydrogen-bond acceptors (Lipinski definition) is 5. The molecule has 1 fully saturated rings. The van der Waals surface area contributed by atoms with E-state index in [1.165, 1.54) is 0 Å². The molecule has 1 unspecified atom stereocenters. The molecule has 252 valence electrons. The number of nitrogens with zero attached hydrogens (tertiary/aromatic N) is 1. The number of nitrogens with one attached hydrogen (secondary N) is 3. The summed E-state index contributed by atoms with van der Waals surface area (Å²) in [6.45, 7) is 9.00. The summed E-state index contributed by atoms with van der Waals surface area (Å²) < 4.78 is 5.24. The fraction of sp³-hybridized carbons (Fsp3) is 0.543. The molecule has 3 rings (SSSR count). The van der Waals surface area contributed by atoms with Gasteiger partial charge in [-0.05, 0) is 83.1 Å². The van der Waals surface area contributed by atoms with Crippen LogP contribution in [0.15, 0.2) is 48.5 Å². The molecule has 0 saturated carbocycles. The van der Waals surface area contributed by atoms with Crippen molar-refractivity contribution in [1.82, 2.24) is 20.9 Å². The molecule has 2 atom stereocenters. The third-order valence-corrected chi connectivity index (χ3v) is 8.64. The Kier molecular flexibility index (Phi) is 14.2. The van der Waals surface area contributed by atoms with E-state index in [0.29, 0.717) is 61.8 Å². The molecule has 4 amide bonds. The van der Waals surface area contributed by atoms with E-state index < -0.39 is 23.2 Å². The van der Waals surface area contributed by atoms with Crippen LogP contribution in [0.1, 0.15) is 77.3 Å². The number of carbonyl (C=O) groups is 4. The molecule has 9 nitrogen and oxygen atoms in total. The number of halogens is 2. The molecule has 0 aliphatic carbocycles. The highest BCUT2D eigenvalue weighted by Gasteiger charge is 2.44. The lowest BCUT2D eigenvalue weighted by atomic mass is 9.74. The molecular formula is C35H48Cl2N4O5. The Morgan fingerprint density at radius 1 is 0.957 bits per heavy atom. The zero-order valence-electron chi connectivity index (χ0n) is 27.4. The smallest absolute Gasteiger partial charge is 0.407 e. The molecule has 0 radical (unpaired) electrons. The first kappa shape index (κ1) is 37.2. The number of benzene rings is 2. The summed E-state index contributed by atoms with van der Waals surface area (Å²) in [6.07, 6.45) is 3.83. The first-order valence-corrected chi connectivity index (χ1v) is 16.9. The Bertz CT molecular complexity index is 1330. The molecule has 46 heavy (non-hydrogen) atoms. The van der Waals surface area contributed by atoms with Gasteiger partial charge in [-0.2, -0.15) is 0 Å². The molecule has 2 aromatic rings. The number of alkyl carbamates (subject to hydrolysis) is 1. The van der Waals surface area contributed by atoms with Crippen molar-refractivity contribution >= 4 is 47.0 Å². The highest BCUT2D eigenvalue weighted by Crippen LogP contribution is 2.35. The zero-order valence-corrected chi connectivity index (χ0v) is 28.9. The number of hydrogen-bond donors (Lipinski definition) is 3. The van der Waals surface area contributed by atoms with Crippen molar-refractivity contribution in [3.05, 3.63) is 69.7 Å². The van der Waals surface area contributed by atoms with Crippen LogP contribution in [-0.2, 0) is 32.0 Å². The van der Waals surface area contributed by atoms with Gasteiger partial charge < -0.3 is 25.6 Å². The Morgan fingerprint density at radius 2 is 1.70 bits per heavy atom. The maximum atomic E-state index is 14.2. The third kappa shape index (κ3) is 11.8. The first-order valence-electron chi connectivity index (χ1n) is 16.1. The van der Waals surface area contributed by atoms with Crippen molar-refractivity contribution in [2.24, 2.45) is 5.41 Å². The van der Waals surface area contributed by atoms with Crippen LogP contribution in [0.25, 0.3) is 0 Å². The lowest BCUT2D eigenvalue weighted by Gasteiger charge is -2.43. The lowest BCUT2D eigenvalue weighted by molar-refractivity contribution is -0.144. The van der Waals surface area contributed by atoms with Crippen LogP contribution >= 0.6 is 23.2 Å². The van der Waals surface area contributed by atoms with Gasteiger partial charge in [0.05, 0.1) is 15.5 Å². The van der Waals surface area contributed by atoms with E-state index in [-0.39, 0.29) is 37.1 Å². The van der Waals surface area contributed by atoms with Gasteiger partial charge in [0.25, 0.3) is 0 Å². The van der Waals surface area contributed by atoms with Crippen LogP contribution in [0, 0.1) is 5.41 Å². The van der Waals surface area contributed by atoms with Gasteiger partial charge in [-0.25, -0.2) is 4.79 Å². The fourth-order valence-electron chi connectivity index (χ4n) is 5.75. The van der Waals surface area contributed by atoms with E-state index in [1.54, 1.807) is 43.9 Å². The first-order chi connectivity index (χ1) is 21.8. The number of ether oxygens (including phenoxy) is 1. The maximum absolute atomic E-state index is 14.2. The second kappa shape index (κ2) is 17.6. The normalized spacial score (nSPS) is 17.1. The fourth-order valence-corrected chi connectivity index (χ4v) is 6.07. The lowest BCUT2D eigenvalue weighted by Crippen LogP contribution is -2.58. The number of carbonyl (C=O) groups excluding carboxylic acids is 4. The number of rotatable bonds is 14. The van der Waals surface area contributed by atoms with Gasteiger partial charge in [-0.3, -0.25) is 14.4 Å². The summed E-state index contributed by atoms with van der Waals surface area (Å²) in [7, 11) is 0. The number of unbranched alkanes of at least 4 members (excludes halogenated alkanes) is 2. The average molecular weight is 676 g/mol. The summed E-state index contributed by atoms with van der Waals surface area (Å²) in [5, 5.41) is 9.46. The molecule has 1 aliphatic heterocycles. The van der Waals surface area contributed by atoms with Crippen molar-refractivity contribution in [3.8, 4) is 0 Å². The van der Waals surface area contributed by atoms with Crippen molar-refractivity contribution in [3.63, 3.8) is 0 Å². The molecule has 3 N–H and O–H groups in total. The highest BCUT2D eigenvalue weighted by molar-refractivity contribution is 6.42. The van der Waals surface area contributed by atoms with Crippen LogP contribution in [0.2, 0.25) is 10.0 Å². The van der Waals surface area contributed by atoms with Gasteiger partial charge in [-0.15, -0.1) is 0 Å². The quantitative estimate of drug-likeness (QED) is 0.210. The molecule has 1 aliphatic rings. The molecule has 1 heterocycles. The summed E-state index contributed by atoms with van der Waals surface area (Å²) >= 11 is 12.4. The van der Waals surface area contributed by atoms with Gasteiger partial charge >= 0.3 is 6.09 Å². The Morgan fingerprint density at radius 3 is 2.37 bits per heavy atom. The van der Waals surface area contributed by atoms with E-state index in [0.717, 1.165) is 17.5 Å². The van der Waals surface area contributed by atoms with Gasteiger partial charge in [-0.1, -0.05) is 66.0 Å². The molecule has 0 bridgehead atoms. The summed E-state index contributed by atoms with van der Waals surface area (Å²) in [6, 6.07) is 14.2. The van der Waals surface area contributed by atoms with Gasteiger partial charge in [0.15, 0.2) is 0 Å². The molecule has 2 aromatic carbocycles. The zero-order chi connectivity index (χ0) is 33.7. The Labute approximate surface area is 283 Å². The SMILES string of the molecule is CCNC(=O)[C@]1(Cc2ccccc2)CCCN(C(=O)C(Cc2ccc(Cl)c(Cl)c2)NC(=O)CCCCCNC(=O)OC(C)(C)C)C1. The minimum atomic E-state index is -0.847. The standard InChI is InChI=1S/C35H48Cl2N4O5/c1-5-38-32(44)35(23-25-13-8-6-9-14-25)18-12-20-41(24-35)31(43)29(22-26-16-17-27(36)28(37)21-26)40-30(42)15-10-7-11-19-39-33(45)46-34(2,3)4/h6,8-9,13-14,16-17,21,29H,5,7,10-12,15,18-20,22-24H2,1-4H3,(H,38,44)(H,39,45)(H,40,42)/t29?,35-/m0/s1. The molecule has 0 aromatic heterocycles. The van der Waals surface area contributed by atoms with E-state index in [9.17, 15) is 19.2 Å². The second-order valence-corrected chi connectivity index (χ2v) is 13.8. The van der Waals surface area contributed by atoms with Gasteiger partial charge in [0.2, 0.25) is 17.7 Å².